The van der Waals surface area contributed by atoms with E-state index < -0.39 is 6.36 Å². The standard InChI is InChI=1S/C21H23F3N4O3/c1-27-17-12-28(20(30)14-5-7-15(8-6-14)31-21(22,23)24)10-9-16(17)26-18(27)11-25-19(29)13-3-2-4-13/h5-8,13H,2-4,9-12H2,1H3,(H,25,29). The normalized spacial score (nSPS) is 16.5. The quantitative estimate of drug-likeness (QED) is 0.782. The van der Waals surface area contributed by atoms with Crippen LogP contribution in [0.15, 0.2) is 24.3 Å². The van der Waals surface area contributed by atoms with Gasteiger partial charge in [-0.3, -0.25) is 9.59 Å². The predicted molar refractivity (Wildman–Crippen MR) is 104 cm³/mol. The Morgan fingerprint density at radius 3 is 2.55 bits per heavy atom. The Bertz CT molecular complexity index is 981. The molecule has 4 rings (SSSR count). The van der Waals surface area contributed by atoms with Crippen LogP contribution in [0, 0.1) is 5.92 Å². The van der Waals surface area contributed by atoms with Crippen molar-refractivity contribution in [3.8, 4) is 5.75 Å². The first kappa shape index (κ1) is 21.2. The number of imidazole rings is 1. The number of halogens is 3. The molecule has 1 N–H and O–H groups in total. The van der Waals surface area contributed by atoms with Crippen molar-refractivity contribution in [2.75, 3.05) is 6.54 Å². The highest BCUT2D eigenvalue weighted by Crippen LogP contribution is 2.27. The van der Waals surface area contributed by atoms with Crippen molar-refractivity contribution >= 4 is 11.8 Å². The number of carbonyl (C=O) groups excluding carboxylic acids is 2. The van der Waals surface area contributed by atoms with Crippen LogP contribution in [0.5, 0.6) is 5.75 Å². The molecule has 166 valence electrons. The van der Waals surface area contributed by atoms with Gasteiger partial charge in [0.2, 0.25) is 5.91 Å². The average molecular weight is 436 g/mol. The van der Waals surface area contributed by atoms with Gasteiger partial charge in [-0.2, -0.15) is 0 Å². The molecule has 0 unspecified atom stereocenters. The van der Waals surface area contributed by atoms with Gasteiger partial charge in [-0.15, -0.1) is 13.2 Å². The van der Waals surface area contributed by atoms with Crippen molar-refractivity contribution in [1.82, 2.24) is 19.8 Å². The molecule has 1 aromatic carbocycles. The number of fused-ring (bicyclic) bond motifs is 1. The van der Waals surface area contributed by atoms with E-state index in [0.29, 0.717) is 26.1 Å². The van der Waals surface area contributed by atoms with Gasteiger partial charge in [0, 0.05) is 31.5 Å². The number of alkyl halides is 3. The molecule has 2 aliphatic rings. The van der Waals surface area contributed by atoms with Gasteiger partial charge in [0.25, 0.3) is 5.91 Å². The number of nitrogens with zero attached hydrogens (tertiary/aromatic N) is 3. The lowest BCUT2D eigenvalue weighted by Gasteiger charge is -2.27. The molecule has 31 heavy (non-hydrogen) atoms. The van der Waals surface area contributed by atoms with Crippen LogP contribution in [0.3, 0.4) is 0 Å². The molecule has 0 spiro atoms. The van der Waals surface area contributed by atoms with Crippen molar-refractivity contribution in [3.05, 3.63) is 47.0 Å². The molecule has 0 bridgehead atoms. The zero-order valence-corrected chi connectivity index (χ0v) is 17.0. The first-order valence-corrected chi connectivity index (χ1v) is 10.2. The molecule has 1 fully saturated rings. The van der Waals surface area contributed by atoms with Gasteiger partial charge in [0.05, 0.1) is 24.5 Å². The van der Waals surface area contributed by atoms with Crippen LogP contribution >= 0.6 is 0 Å². The highest BCUT2D eigenvalue weighted by Gasteiger charge is 2.31. The van der Waals surface area contributed by atoms with Crippen LogP contribution < -0.4 is 10.1 Å². The summed E-state index contributed by atoms with van der Waals surface area (Å²) < 4.78 is 42.7. The molecular weight excluding hydrogens is 413 g/mol. The molecule has 0 radical (unpaired) electrons. The summed E-state index contributed by atoms with van der Waals surface area (Å²) in [6.45, 7) is 1.14. The van der Waals surface area contributed by atoms with Crippen molar-refractivity contribution < 1.29 is 27.5 Å². The third kappa shape index (κ3) is 4.67. The first-order valence-electron chi connectivity index (χ1n) is 10.2. The molecule has 2 heterocycles. The minimum atomic E-state index is -4.77. The Morgan fingerprint density at radius 2 is 1.94 bits per heavy atom. The summed E-state index contributed by atoms with van der Waals surface area (Å²) in [6, 6.07) is 4.90. The van der Waals surface area contributed by atoms with E-state index in [2.05, 4.69) is 15.0 Å². The largest absolute Gasteiger partial charge is 0.573 e. The third-order valence-electron chi connectivity index (χ3n) is 5.87. The number of ether oxygens (including phenoxy) is 1. The fraction of sp³-hybridized carbons (Fsp3) is 0.476. The summed E-state index contributed by atoms with van der Waals surface area (Å²) in [6.07, 6.45) is -1.24. The molecule has 7 nitrogen and oxygen atoms in total. The maximum Gasteiger partial charge on any atom is 0.573 e. The number of nitrogens with one attached hydrogen (secondary N) is 1. The number of amides is 2. The van der Waals surface area contributed by atoms with Crippen LogP contribution in [0.1, 0.15) is 46.8 Å². The molecule has 0 atom stereocenters. The summed E-state index contributed by atoms with van der Waals surface area (Å²) in [4.78, 5) is 31.2. The Balaban J connectivity index is 1.40. The maximum absolute atomic E-state index is 12.8. The van der Waals surface area contributed by atoms with Gasteiger partial charge in [-0.1, -0.05) is 6.42 Å². The summed E-state index contributed by atoms with van der Waals surface area (Å²) in [5.41, 5.74) is 2.08. The van der Waals surface area contributed by atoms with Gasteiger partial charge in [-0.05, 0) is 37.1 Å². The second kappa shape index (κ2) is 8.24. The Kier molecular flexibility index (Phi) is 5.63. The van der Waals surface area contributed by atoms with E-state index in [1.165, 1.54) is 12.1 Å². The molecule has 1 aromatic heterocycles. The SMILES string of the molecule is Cn1c(CNC(=O)C2CCC2)nc2c1CN(C(=O)c1ccc(OC(F)(F)F)cc1)CC2. The van der Waals surface area contributed by atoms with E-state index >= 15 is 0 Å². The van der Waals surface area contributed by atoms with E-state index in [1.807, 2.05) is 11.6 Å². The lowest BCUT2D eigenvalue weighted by atomic mass is 9.85. The number of hydrogen-bond acceptors (Lipinski definition) is 4. The minimum Gasteiger partial charge on any atom is -0.406 e. The Labute approximate surface area is 177 Å². The van der Waals surface area contributed by atoms with Gasteiger partial charge >= 0.3 is 6.36 Å². The number of benzene rings is 1. The second-order valence-corrected chi connectivity index (χ2v) is 7.87. The van der Waals surface area contributed by atoms with Crippen LogP contribution in [-0.4, -0.2) is 39.2 Å². The molecule has 0 saturated heterocycles. The predicted octanol–water partition coefficient (Wildman–Crippen LogP) is 2.93. The number of hydrogen-bond donors (Lipinski definition) is 1. The molecule has 1 aliphatic carbocycles. The van der Waals surface area contributed by atoms with Crippen LogP contribution in [-0.2, 0) is 31.4 Å². The van der Waals surface area contributed by atoms with Gasteiger partial charge < -0.3 is 19.5 Å². The lowest BCUT2D eigenvalue weighted by Crippen LogP contribution is -2.36. The maximum atomic E-state index is 12.8. The molecule has 2 aromatic rings. The number of aromatic nitrogens is 2. The highest BCUT2D eigenvalue weighted by atomic mass is 19.4. The third-order valence-corrected chi connectivity index (χ3v) is 5.87. The van der Waals surface area contributed by atoms with E-state index in [0.717, 1.165) is 48.6 Å². The van der Waals surface area contributed by atoms with E-state index in [1.54, 1.807) is 4.90 Å². The van der Waals surface area contributed by atoms with Crippen molar-refractivity contribution in [2.24, 2.45) is 13.0 Å². The Hall–Kier alpha value is -3.04. The average Bonchev–Trinajstić information content (AvgIpc) is 2.99. The van der Waals surface area contributed by atoms with Crippen LogP contribution in [0.25, 0.3) is 0 Å². The molecule has 10 heteroatoms. The Morgan fingerprint density at radius 1 is 1.23 bits per heavy atom. The second-order valence-electron chi connectivity index (χ2n) is 7.87. The first-order chi connectivity index (χ1) is 14.7. The van der Waals surface area contributed by atoms with Gasteiger partial charge in [0.15, 0.2) is 0 Å². The smallest absolute Gasteiger partial charge is 0.406 e. The monoisotopic (exact) mass is 436 g/mol. The summed E-state index contributed by atoms with van der Waals surface area (Å²) in [7, 11) is 1.86. The van der Waals surface area contributed by atoms with E-state index in [4.69, 9.17) is 0 Å². The zero-order valence-electron chi connectivity index (χ0n) is 17.0. The van der Waals surface area contributed by atoms with Crippen LogP contribution in [0.4, 0.5) is 13.2 Å². The molecule has 2 amide bonds. The van der Waals surface area contributed by atoms with Crippen molar-refractivity contribution in [1.29, 1.82) is 0 Å². The molecule has 1 saturated carbocycles. The van der Waals surface area contributed by atoms with E-state index in [-0.39, 0.29) is 29.0 Å². The van der Waals surface area contributed by atoms with E-state index in [9.17, 15) is 22.8 Å². The van der Waals surface area contributed by atoms with Gasteiger partial charge in [-0.25, -0.2) is 4.98 Å². The fourth-order valence-corrected chi connectivity index (χ4v) is 3.84. The molecule has 1 aliphatic heterocycles. The molecular formula is C21H23F3N4O3. The summed E-state index contributed by atoms with van der Waals surface area (Å²) in [5, 5.41) is 2.94. The number of rotatable bonds is 5. The lowest BCUT2D eigenvalue weighted by molar-refractivity contribution is -0.274. The van der Waals surface area contributed by atoms with Crippen molar-refractivity contribution in [2.45, 2.75) is 45.1 Å². The van der Waals surface area contributed by atoms with Crippen LogP contribution in [0.2, 0.25) is 0 Å². The topological polar surface area (TPSA) is 76.5 Å². The summed E-state index contributed by atoms with van der Waals surface area (Å²) in [5.74, 6) is 0.258. The van der Waals surface area contributed by atoms with Crippen molar-refractivity contribution in [3.63, 3.8) is 0 Å². The fourth-order valence-electron chi connectivity index (χ4n) is 3.84. The number of carbonyl (C=O) groups is 2. The van der Waals surface area contributed by atoms with Gasteiger partial charge in [0.1, 0.15) is 11.6 Å². The summed E-state index contributed by atoms with van der Waals surface area (Å²) >= 11 is 0. The minimum absolute atomic E-state index is 0.0574. The zero-order chi connectivity index (χ0) is 22.2. The highest BCUT2D eigenvalue weighted by molar-refractivity contribution is 5.94.